The molecule has 0 aliphatic heterocycles. The molecule has 2 saturated carbocycles. The van der Waals surface area contributed by atoms with Crippen LogP contribution in [0.5, 0.6) is 0 Å². The number of hydrogen-bond acceptors (Lipinski definition) is 2. The number of carbonyl (C=O) groups is 1. The Labute approximate surface area is 90.8 Å². The van der Waals surface area contributed by atoms with Crippen LogP contribution >= 0.6 is 0 Å². The van der Waals surface area contributed by atoms with E-state index in [0.717, 1.165) is 44.8 Å². The van der Waals surface area contributed by atoms with Crippen LogP contribution in [0, 0.1) is 17.8 Å². The number of carboxylic acid groups (broad SMARTS) is 1. The summed E-state index contributed by atoms with van der Waals surface area (Å²) in [7, 11) is 0. The summed E-state index contributed by atoms with van der Waals surface area (Å²) >= 11 is 0. The molecule has 0 radical (unpaired) electrons. The van der Waals surface area contributed by atoms with Crippen LogP contribution in [0.15, 0.2) is 0 Å². The van der Waals surface area contributed by atoms with Gasteiger partial charge >= 0.3 is 5.97 Å². The van der Waals surface area contributed by atoms with Gasteiger partial charge in [-0.25, -0.2) is 0 Å². The molecule has 0 aromatic carbocycles. The van der Waals surface area contributed by atoms with Crippen LogP contribution in [0.1, 0.15) is 38.5 Å². The van der Waals surface area contributed by atoms with E-state index in [0.29, 0.717) is 5.92 Å². The zero-order chi connectivity index (χ0) is 10.7. The normalized spacial score (nSPS) is 31.5. The van der Waals surface area contributed by atoms with Crippen molar-refractivity contribution >= 4 is 5.97 Å². The van der Waals surface area contributed by atoms with Gasteiger partial charge in [-0.15, -0.1) is 0 Å². The van der Waals surface area contributed by atoms with Gasteiger partial charge in [-0.2, -0.15) is 0 Å². The van der Waals surface area contributed by atoms with Gasteiger partial charge in [0, 0.05) is 13.2 Å². The molecule has 86 valence electrons. The van der Waals surface area contributed by atoms with E-state index >= 15 is 0 Å². The molecule has 2 aliphatic rings. The van der Waals surface area contributed by atoms with E-state index in [1.54, 1.807) is 0 Å². The highest BCUT2D eigenvalue weighted by molar-refractivity contribution is 5.69. The molecule has 1 N–H and O–H groups in total. The maximum atomic E-state index is 10.7. The van der Waals surface area contributed by atoms with Crippen molar-refractivity contribution in [3.05, 3.63) is 0 Å². The Morgan fingerprint density at radius 3 is 1.87 bits per heavy atom. The molecule has 3 heteroatoms. The highest BCUT2D eigenvalue weighted by Crippen LogP contribution is 2.31. The SMILES string of the molecule is O=C(O)C1CCC(COCC2CC2)CC1. The first-order valence-corrected chi connectivity index (χ1v) is 6.06. The van der Waals surface area contributed by atoms with Crippen molar-refractivity contribution < 1.29 is 14.6 Å². The Hall–Kier alpha value is -0.570. The summed E-state index contributed by atoms with van der Waals surface area (Å²) in [4.78, 5) is 10.7. The third-order valence-corrected chi connectivity index (χ3v) is 3.60. The van der Waals surface area contributed by atoms with Crippen molar-refractivity contribution in [3.63, 3.8) is 0 Å². The number of aliphatic carboxylic acids is 1. The minimum Gasteiger partial charge on any atom is -0.481 e. The molecule has 2 fully saturated rings. The van der Waals surface area contributed by atoms with Gasteiger partial charge < -0.3 is 9.84 Å². The molecule has 2 aliphatic carbocycles. The number of carboxylic acids is 1. The lowest BCUT2D eigenvalue weighted by molar-refractivity contribution is -0.143. The molecule has 0 heterocycles. The number of rotatable bonds is 5. The zero-order valence-electron chi connectivity index (χ0n) is 9.15. The van der Waals surface area contributed by atoms with Gasteiger partial charge in [-0.05, 0) is 50.4 Å². The summed E-state index contributed by atoms with van der Waals surface area (Å²) < 4.78 is 5.65. The minimum absolute atomic E-state index is 0.0929. The fourth-order valence-electron chi connectivity index (χ4n) is 2.26. The summed E-state index contributed by atoms with van der Waals surface area (Å²) in [5, 5.41) is 8.85. The summed E-state index contributed by atoms with van der Waals surface area (Å²) in [6, 6.07) is 0. The first-order chi connectivity index (χ1) is 7.25. The van der Waals surface area contributed by atoms with Gasteiger partial charge in [0.2, 0.25) is 0 Å². The molecule has 0 saturated heterocycles. The van der Waals surface area contributed by atoms with Gasteiger partial charge in [0.15, 0.2) is 0 Å². The molecule has 3 nitrogen and oxygen atoms in total. The van der Waals surface area contributed by atoms with Gasteiger partial charge in [0.05, 0.1) is 5.92 Å². The molecule has 15 heavy (non-hydrogen) atoms. The predicted octanol–water partition coefficient (Wildman–Crippen LogP) is 2.30. The first-order valence-electron chi connectivity index (χ1n) is 6.06. The van der Waals surface area contributed by atoms with E-state index < -0.39 is 5.97 Å². The molecule has 0 aromatic rings. The van der Waals surface area contributed by atoms with E-state index in [9.17, 15) is 4.79 Å². The van der Waals surface area contributed by atoms with Crippen LogP contribution < -0.4 is 0 Å². The van der Waals surface area contributed by atoms with E-state index in [1.807, 2.05) is 0 Å². The second-order valence-corrected chi connectivity index (χ2v) is 5.04. The topological polar surface area (TPSA) is 46.5 Å². The lowest BCUT2D eigenvalue weighted by Gasteiger charge is -2.25. The van der Waals surface area contributed by atoms with Crippen molar-refractivity contribution in [2.45, 2.75) is 38.5 Å². The molecular formula is C12H20O3. The summed E-state index contributed by atoms with van der Waals surface area (Å²) in [6.07, 6.45) is 6.42. The largest absolute Gasteiger partial charge is 0.481 e. The zero-order valence-corrected chi connectivity index (χ0v) is 9.15. The van der Waals surface area contributed by atoms with Crippen molar-refractivity contribution in [1.82, 2.24) is 0 Å². The monoisotopic (exact) mass is 212 g/mol. The van der Waals surface area contributed by atoms with Crippen molar-refractivity contribution in [3.8, 4) is 0 Å². The van der Waals surface area contributed by atoms with Crippen LogP contribution in [-0.4, -0.2) is 24.3 Å². The molecule has 2 rings (SSSR count). The smallest absolute Gasteiger partial charge is 0.306 e. The average Bonchev–Trinajstić information content (AvgIpc) is 3.02. The maximum Gasteiger partial charge on any atom is 0.306 e. The molecule has 0 spiro atoms. The van der Waals surface area contributed by atoms with Gasteiger partial charge in [0.25, 0.3) is 0 Å². The summed E-state index contributed by atoms with van der Waals surface area (Å²) in [6.45, 7) is 1.78. The van der Waals surface area contributed by atoms with Crippen molar-refractivity contribution in [1.29, 1.82) is 0 Å². The second-order valence-electron chi connectivity index (χ2n) is 5.04. The highest BCUT2D eigenvalue weighted by atomic mass is 16.5. The average molecular weight is 212 g/mol. The predicted molar refractivity (Wildman–Crippen MR) is 56.6 cm³/mol. The summed E-state index contributed by atoms with van der Waals surface area (Å²) in [5.74, 6) is 0.733. The van der Waals surface area contributed by atoms with Crippen LogP contribution in [0.3, 0.4) is 0 Å². The van der Waals surface area contributed by atoms with Crippen LogP contribution in [0.25, 0.3) is 0 Å². The van der Waals surface area contributed by atoms with Crippen molar-refractivity contribution in [2.24, 2.45) is 17.8 Å². The second kappa shape index (κ2) is 4.97. The standard InChI is InChI=1S/C12H20O3/c13-12(14)11-5-3-10(4-6-11)8-15-7-9-1-2-9/h9-11H,1-8H2,(H,13,14). The Kier molecular flexibility index (Phi) is 3.62. The van der Waals surface area contributed by atoms with E-state index in [-0.39, 0.29) is 5.92 Å². The third-order valence-electron chi connectivity index (χ3n) is 3.60. The fraction of sp³-hybridized carbons (Fsp3) is 0.917. The van der Waals surface area contributed by atoms with Gasteiger partial charge in [-0.1, -0.05) is 0 Å². The minimum atomic E-state index is -0.618. The fourth-order valence-corrected chi connectivity index (χ4v) is 2.26. The van der Waals surface area contributed by atoms with Gasteiger partial charge in [-0.3, -0.25) is 4.79 Å². The molecule has 0 atom stereocenters. The quantitative estimate of drug-likeness (QED) is 0.760. The van der Waals surface area contributed by atoms with Crippen LogP contribution in [0.2, 0.25) is 0 Å². The Bertz CT molecular complexity index is 215. The molecule has 0 amide bonds. The van der Waals surface area contributed by atoms with Crippen LogP contribution in [-0.2, 0) is 9.53 Å². The Balaban J connectivity index is 1.58. The first kappa shape index (κ1) is 10.9. The lowest BCUT2D eigenvalue weighted by Crippen LogP contribution is -2.24. The van der Waals surface area contributed by atoms with E-state index in [4.69, 9.17) is 9.84 Å². The van der Waals surface area contributed by atoms with E-state index in [1.165, 1.54) is 12.8 Å². The Morgan fingerprint density at radius 1 is 1.00 bits per heavy atom. The van der Waals surface area contributed by atoms with Gasteiger partial charge in [0.1, 0.15) is 0 Å². The lowest BCUT2D eigenvalue weighted by atomic mass is 9.82. The summed E-state index contributed by atoms with van der Waals surface area (Å²) in [5.41, 5.74) is 0. The molecule has 0 unspecified atom stereocenters. The number of hydrogen-bond donors (Lipinski definition) is 1. The van der Waals surface area contributed by atoms with Crippen LogP contribution in [0.4, 0.5) is 0 Å². The number of ether oxygens (including phenoxy) is 1. The molecule has 0 aromatic heterocycles. The molecular weight excluding hydrogens is 192 g/mol. The Morgan fingerprint density at radius 2 is 1.47 bits per heavy atom. The third kappa shape index (κ3) is 3.49. The molecule has 0 bridgehead atoms. The maximum absolute atomic E-state index is 10.7. The van der Waals surface area contributed by atoms with Crippen molar-refractivity contribution in [2.75, 3.05) is 13.2 Å². The highest BCUT2D eigenvalue weighted by Gasteiger charge is 2.27. The van der Waals surface area contributed by atoms with E-state index in [2.05, 4.69) is 0 Å².